The van der Waals surface area contributed by atoms with Crippen molar-refractivity contribution in [3.05, 3.63) is 80.5 Å². The van der Waals surface area contributed by atoms with E-state index in [1.807, 2.05) is 47.9 Å². The number of thioether (sulfide) groups is 1. The fraction of sp³-hybridized carbons (Fsp3) is 0.174. The predicted molar refractivity (Wildman–Crippen MR) is 123 cm³/mol. The first-order valence-corrected chi connectivity index (χ1v) is 12.1. The summed E-state index contributed by atoms with van der Waals surface area (Å²) < 4.78 is 4.40. The zero-order chi connectivity index (χ0) is 21.5. The van der Waals surface area contributed by atoms with Crippen molar-refractivity contribution in [2.24, 2.45) is 0 Å². The molecule has 1 aliphatic heterocycles. The summed E-state index contributed by atoms with van der Waals surface area (Å²) in [4.78, 5) is 19.1. The van der Waals surface area contributed by atoms with Crippen LogP contribution in [0.5, 0.6) is 5.75 Å². The highest BCUT2D eigenvalue weighted by Crippen LogP contribution is 2.40. The van der Waals surface area contributed by atoms with Crippen LogP contribution in [0.15, 0.2) is 70.7 Å². The van der Waals surface area contributed by atoms with Crippen molar-refractivity contribution in [2.45, 2.75) is 24.7 Å². The van der Waals surface area contributed by atoms with Crippen LogP contribution in [0, 0.1) is 0 Å². The van der Waals surface area contributed by atoms with Crippen LogP contribution in [0.3, 0.4) is 0 Å². The van der Waals surface area contributed by atoms with Crippen molar-refractivity contribution in [1.29, 1.82) is 0 Å². The SMILES string of the molecule is CC[n+]1c(-c2ccccc2[O-])c(-c2ccccc2)c(=O)n2c1SC[C@@H]2c1cnc(Cl)s1. The Labute approximate surface area is 192 Å². The van der Waals surface area contributed by atoms with Crippen molar-refractivity contribution in [3.63, 3.8) is 0 Å². The predicted octanol–water partition coefficient (Wildman–Crippen LogP) is 4.37. The number of benzene rings is 2. The van der Waals surface area contributed by atoms with Gasteiger partial charge >= 0.3 is 10.7 Å². The lowest BCUT2D eigenvalue weighted by molar-refractivity contribution is -0.725. The third kappa shape index (κ3) is 3.37. The summed E-state index contributed by atoms with van der Waals surface area (Å²) in [6.45, 7) is 2.66. The topological polar surface area (TPSA) is 61.8 Å². The number of hydrogen-bond acceptors (Lipinski definition) is 5. The molecule has 0 bridgehead atoms. The first kappa shape index (κ1) is 20.3. The van der Waals surface area contributed by atoms with Crippen molar-refractivity contribution in [3.8, 4) is 28.1 Å². The molecule has 0 fully saturated rings. The van der Waals surface area contributed by atoms with E-state index in [2.05, 4.69) is 9.55 Å². The average Bonchev–Trinajstić information content (AvgIpc) is 3.41. The van der Waals surface area contributed by atoms with E-state index >= 15 is 0 Å². The fourth-order valence-electron chi connectivity index (χ4n) is 4.05. The molecule has 2 aromatic carbocycles. The van der Waals surface area contributed by atoms with Crippen LogP contribution in [0.25, 0.3) is 22.4 Å². The van der Waals surface area contributed by atoms with Gasteiger partial charge in [-0.25, -0.2) is 14.3 Å². The monoisotopic (exact) mass is 467 g/mol. The minimum Gasteiger partial charge on any atom is -0.872 e. The van der Waals surface area contributed by atoms with Gasteiger partial charge in [-0.1, -0.05) is 71.9 Å². The van der Waals surface area contributed by atoms with Crippen molar-refractivity contribution in [1.82, 2.24) is 9.55 Å². The third-order valence-electron chi connectivity index (χ3n) is 5.40. The van der Waals surface area contributed by atoms with Crippen LogP contribution in [-0.2, 0) is 6.54 Å². The minimum absolute atomic E-state index is 0.0972. The van der Waals surface area contributed by atoms with Gasteiger partial charge in [-0.2, -0.15) is 4.57 Å². The smallest absolute Gasteiger partial charge is 0.347 e. The molecular formula is C23H18ClN3O2S2. The largest absolute Gasteiger partial charge is 0.872 e. The maximum absolute atomic E-state index is 14.0. The molecule has 5 nitrogen and oxygen atoms in total. The first-order valence-electron chi connectivity index (χ1n) is 9.88. The summed E-state index contributed by atoms with van der Waals surface area (Å²) in [7, 11) is 0. The first-order chi connectivity index (χ1) is 15.1. The second-order valence-corrected chi connectivity index (χ2v) is 9.76. The van der Waals surface area contributed by atoms with E-state index in [4.69, 9.17) is 11.6 Å². The quantitative estimate of drug-likeness (QED) is 0.330. The Hall–Kier alpha value is -2.61. The van der Waals surface area contributed by atoms with Gasteiger partial charge in [-0.05, 0) is 24.2 Å². The van der Waals surface area contributed by atoms with Gasteiger partial charge in [-0.3, -0.25) is 0 Å². The van der Waals surface area contributed by atoms with Crippen molar-refractivity contribution in [2.75, 3.05) is 5.75 Å². The van der Waals surface area contributed by atoms with E-state index < -0.39 is 0 Å². The molecule has 8 heteroatoms. The lowest BCUT2D eigenvalue weighted by atomic mass is 9.99. The van der Waals surface area contributed by atoms with Crippen LogP contribution in [0.4, 0.5) is 0 Å². The van der Waals surface area contributed by atoms with Crippen LogP contribution in [-0.4, -0.2) is 15.3 Å². The molecule has 0 radical (unpaired) electrons. The Balaban J connectivity index is 1.88. The van der Waals surface area contributed by atoms with Gasteiger partial charge in [-0.15, -0.1) is 11.3 Å². The number of para-hydroxylation sites is 1. The summed E-state index contributed by atoms with van der Waals surface area (Å²) >= 11 is 9.11. The van der Waals surface area contributed by atoms with Gasteiger partial charge < -0.3 is 5.11 Å². The molecule has 1 atom stereocenters. The second kappa shape index (κ2) is 8.15. The van der Waals surface area contributed by atoms with Crippen molar-refractivity contribution >= 4 is 34.7 Å². The lowest BCUT2D eigenvalue weighted by Gasteiger charge is -2.19. The van der Waals surface area contributed by atoms with E-state index in [9.17, 15) is 9.90 Å². The molecule has 5 rings (SSSR count). The average molecular weight is 468 g/mol. The molecule has 0 spiro atoms. The highest BCUT2D eigenvalue weighted by atomic mass is 35.5. The third-order valence-corrected chi connectivity index (χ3v) is 7.78. The Bertz CT molecular complexity index is 1330. The van der Waals surface area contributed by atoms with E-state index in [0.717, 1.165) is 15.6 Å². The standard InChI is InChI=1S/C23H18ClN3O2S2/c1-2-26-20(15-10-6-7-11-17(15)28)19(14-8-4-3-5-9-14)21(29)27-16(13-30-23(26)27)18-12-25-22(24)31-18/h3-12,16H,2,13H2,1H3/t16-/m1/s1. The van der Waals surface area contributed by atoms with Crippen LogP contribution in [0.2, 0.25) is 4.47 Å². The molecule has 0 saturated carbocycles. The number of aromatic nitrogens is 3. The van der Waals surface area contributed by atoms with Gasteiger partial charge in [0.05, 0.1) is 17.2 Å². The molecule has 0 N–H and O–H groups in total. The number of thiazole rings is 1. The molecule has 0 aliphatic carbocycles. The summed E-state index contributed by atoms with van der Waals surface area (Å²) in [6.07, 6.45) is 1.75. The Morgan fingerprint density at radius 2 is 1.94 bits per heavy atom. The highest BCUT2D eigenvalue weighted by Gasteiger charge is 2.40. The van der Waals surface area contributed by atoms with Gasteiger partial charge in [0.15, 0.2) is 10.5 Å². The number of nitrogens with zero attached hydrogens (tertiary/aromatic N) is 3. The molecule has 1 aliphatic rings. The molecule has 0 unspecified atom stereocenters. The normalized spacial score (nSPS) is 15.2. The maximum Gasteiger partial charge on any atom is 0.347 e. The molecule has 3 heterocycles. The van der Waals surface area contributed by atoms with Crippen LogP contribution in [0.1, 0.15) is 17.8 Å². The number of rotatable bonds is 4. The van der Waals surface area contributed by atoms with E-state index in [1.165, 1.54) is 11.3 Å². The summed E-state index contributed by atoms with van der Waals surface area (Å²) in [5, 5.41) is 13.7. The molecule has 2 aromatic heterocycles. The van der Waals surface area contributed by atoms with Crippen LogP contribution < -0.4 is 15.2 Å². The van der Waals surface area contributed by atoms with E-state index in [1.54, 1.807) is 36.2 Å². The van der Waals surface area contributed by atoms with E-state index in [0.29, 0.717) is 33.6 Å². The molecule has 4 aromatic rings. The molecule has 31 heavy (non-hydrogen) atoms. The molecule has 0 amide bonds. The van der Waals surface area contributed by atoms with Crippen LogP contribution >= 0.6 is 34.7 Å². The number of fused-ring (bicyclic) bond motifs is 1. The Morgan fingerprint density at radius 1 is 1.19 bits per heavy atom. The van der Waals surface area contributed by atoms with Gasteiger partial charge in [0.25, 0.3) is 0 Å². The number of halogens is 1. The van der Waals surface area contributed by atoms with E-state index in [-0.39, 0.29) is 17.4 Å². The van der Waals surface area contributed by atoms with Gasteiger partial charge in [0.1, 0.15) is 11.3 Å². The molecular weight excluding hydrogens is 450 g/mol. The highest BCUT2D eigenvalue weighted by molar-refractivity contribution is 7.99. The summed E-state index contributed by atoms with van der Waals surface area (Å²) in [6, 6.07) is 16.3. The Morgan fingerprint density at radius 3 is 2.61 bits per heavy atom. The minimum atomic E-state index is -0.144. The second-order valence-electron chi connectivity index (χ2n) is 7.13. The molecule has 156 valence electrons. The lowest BCUT2D eigenvalue weighted by Crippen LogP contribution is -2.45. The maximum atomic E-state index is 14.0. The molecule has 0 saturated heterocycles. The summed E-state index contributed by atoms with van der Waals surface area (Å²) in [5.41, 5.74) is 2.43. The van der Waals surface area contributed by atoms with Gasteiger partial charge in [0, 0.05) is 11.8 Å². The Kier molecular flexibility index (Phi) is 5.33. The zero-order valence-electron chi connectivity index (χ0n) is 16.6. The van der Waals surface area contributed by atoms with Crippen molar-refractivity contribution < 1.29 is 9.67 Å². The zero-order valence-corrected chi connectivity index (χ0v) is 19.0. The van der Waals surface area contributed by atoms with Gasteiger partial charge in [0.2, 0.25) is 0 Å². The summed E-state index contributed by atoms with van der Waals surface area (Å²) in [5.74, 6) is 0.616. The number of hydrogen-bond donors (Lipinski definition) is 0. The fourth-order valence-corrected chi connectivity index (χ4v) is 6.56.